The lowest BCUT2D eigenvalue weighted by molar-refractivity contribution is -0.137. The molecule has 1 aliphatic heterocycles. The topological polar surface area (TPSA) is 113 Å². The molecule has 0 atom stereocenters. The summed E-state index contributed by atoms with van der Waals surface area (Å²) < 4.78 is 93.2. The summed E-state index contributed by atoms with van der Waals surface area (Å²) in [5.41, 5.74) is 0.198. The highest BCUT2D eigenvalue weighted by molar-refractivity contribution is 7.92. The SMILES string of the molecule is O=C(Nc1ccc(S(=O)(=O)Nc2cccc(C(F)(F)F)c2)cc1)C1CCN(S(=O)(=O)CCCc2ccccc2)CC1. The van der Waals surface area contributed by atoms with E-state index >= 15 is 0 Å². The Labute approximate surface area is 237 Å². The summed E-state index contributed by atoms with van der Waals surface area (Å²) in [5.74, 6) is -0.669. The number of hydrogen-bond acceptors (Lipinski definition) is 5. The van der Waals surface area contributed by atoms with Gasteiger partial charge in [-0.2, -0.15) is 13.2 Å². The van der Waals surface area contributed by atoms with Gasteiger partial charge in [-0.15, -0.1) is 0 Å². The van der Waals surface area contributed by atoms with Crippen molar-refractivity contribution in [3.05, 3.63) is 90.0 Å². The van der Waals surface area contributed by atoms with Gasteiger partial charge in [0.1, 0.15) is 0 Å². The molecule has 0 bridgehead atoms. The van der Waals surface area contributed by atoms with Gasteiger partial charge in [-0.25, -0.2) is 21.1 Å². The fraction of sp³-hybridized carbons (Fsp3) is 0.321. The quantitative estimate of drug-likeness (QED) is 0.332. The van der Waals surface area contributed by atoms with Crippen molar-refractivity contribution in [2.24, 2.45) is 5.92 Å². The lowest BCUT2D eigenvalue weighted by Crippen LogP contribution is -2.42. The predicted octanol–water partition coefficient (Wildman–Crippen LogP) is 5.12. The first-order valence-electron chi connectivity index (χ1n) is 13.0. The van der Waals surface area contributed by atoms with E-state index in [0.29, 0.717) is 37.4 Å². The molecule has 1 heterocycles. The van der Waals surface area contributed by atoms with Crippen LogP contribution in [0.25, 0.3) is 0 Å². The van der Waals surface area contributed by atoms with Crippen molar-refractivity contribution >= 4 is 37.3 Å². The molecule has 8 nitrogen and oxygen atoms in total. The van der Waals surface area contributed by atoms with E-state index in [2.05, 4.69) is 10.0 Å². The number of nitrogens with zero attached hydrogens (tertiary/aromatic N) is 1. The molecule has 0 saturated carbocycles. The van der Waals surface area contributed by atoms with E-state index in [1.807, 2.05) is 30.3 Å². The van der Waals surface area contributed by atoms with E-state index in [-0.39, 0.29) is 35.3 Å². The normalized spacial score (nSPS) is 15.4. The van der Waals surface area contributed by atoms with Gasteiger partial charge in [-0.05, 0) is 73.7 Å². The minimum atomic E-state index is -4.62. The maximum Gasteiger partial charge on any atom is 0.416 e. The van der Waals surface area contributed by atoms with E-state index in [0.717, 1.165) is 17.7 Å². The maximum atomic E-state index is 12.9. The van der Waals surface area contributed by atoms with Crippen molar-refractivity contribution in [1.82, 2.24) is 4.31 Å². The fourth-order valence-electron chi connectivity index (χ4n) is 4.56. The van der Waals surface area contributed by atoms with Crippen LogP contribution in [-0.4, -0.2) is 45.9 Å². The van der Waals surface area contributed by atoms with Crippen LogP contribution < -0.4 is 10.0 Å². The smallest absolute Gasteiger partial charge is 0.326 e. The summed E-state index contributed by atoms with van der Waals surface area (Å²) in [4.78, 5) is 12.6. The minimum Gasteiger partial charge on any atom is -0.326 e. The Hall–Kier alpha value is -3.42. The predicted molar refractivity (Wildman–Crippen MR) is 150 cm³/mol. The third-order valence-corrected chi connectivity index (χ3v) is 10.2. The number of rotatable bonds is 10. The Morgan fingerprint density at radius 3 is 2.15 bits per heavy atom. The van der Waals surface area contributed by atoms with Gasteiger partial charge in [0.05, 0.1) is 16.2 Å². The molecule has 13 heteroatoms. The van der Waals surface area contributed by atoms with Crippen molar-refractivity contribution in [1.29, 1.82) is 0 Å². The average molecular weight is 610 g/mol. The molecular weight excluding hydrogens is 579 g/mol. The van der Waals surface area contributed by atoms with Crippen LogP contribution in [0.3, 0.4) is 0 Å². The molecule has 1 saturated heterocycles. The van der Waals surface area contributed by atoms with Gasteiger partial charge in [0.2, 0.25) is 15.9 Å². The molecule has 3 aromatic rings. The van der Waals surface area contributed by atoms with Crippen molar-refractivity contribution < 1.29 is 34.8 Å². The van der Waals surface area contributed by atoms with Crippen LogP contribution in [0.4, 0.5) is 24.5 Å². The molecule has 3 aromatic carbocycles. The molecular formula is C28H30F3N3O5S2. The van der Waals surface area contributed by atoms with Gasteiger partial charge in [-0.3, -0.25) is 9.52 Å². The summed E-state index contributed by atoms with van der Waals surface area (Å²) in [6.07, 6.45) is -2.72. The maximum absolute atomic E-state index is 12.9. The van der Waals surface area contributed by atoms with E-state index < -0.39 is 37.7 Å². The highest BCUT2D eigenvalue weighted by Gasteiger charge is 2.32. The number of nitrogens with one attached hydrogen (secondary N) is 2. The second-order valence-corrected chi connectivity index (χ2v) is 13.5. The minimum absolute atomic E-state index is 0.0383. The van der Waals surface area contributed by atoms with Crippen LogP contribution in [0.15, 0.2) is 83.8 Å². The molecule has 0 spiro atoms. The molecule has 0 aromatic heterocycles. The number of alkyl halides is 3. The zero-order valence-electron chi connectivity index (χ0n) is 22.0. The lowest BCUT2D eigenvalue weighted by Gasteiger charge is -2.30. The lowest BCUT2D eigenvalue weighted by atomic mass is 9.97. The van der Waals surface area contributed by atoms with Gasteiger partial charge in [0, 0.05) is 30.4 Å². The highest BCUT2D eigenvalue weighted by Crippen LogP contribution is 2.31. The molecule has 1 amide bonds. The van der Waals surface area contributed by atoms with Gasteiger partial charge in [0.25, 0.3) is 10.0 Å². The Kier molecular flexibility index (Phi) is 9.40. The average Bonchev–Trinajstić information content (AvgIpc) is 2.93. The summed E-state index contributed by atoms with van der Waals surface area (Å²) in [5, 5.41) is 2.72. The number of amides is 1. The molecule has 0 unspecified atom stereocenters. The standard InChI is InChI=1S/C28H30F3N3O5S2/c29-28(30,31)23-9-4-10-25(20-23)33-41(38,39)26-13-11-24(12-14-26)32-27(35)22-15-17-34(18-16-22)40(36,37)19-5-8-21-6-2-1-3-7-21/h1-4,6-7,9-14,20,22,33H,5,8,15-19H2,(H,32,35). The number of aryl methyl sites for hydroxylation is 1. The summed E-state index contributed by atoms with van der Waals surface area (Å²) in [6.45, 7) is 0.480. The molecule has 1 aliphatic rings. The first-order chi connectivity index (χ1) is 19.3. The van der Waals surface area contributed by atoms with Crippen LogP contribution >= 0.6 is 0 Å². The Bertz CT molecular complexity index is 1560. The number of hydrogen-bond donors (Lipinski definition) is 2. The molecule has 41 heavy (non-hydrogen) atoms. The number of sulfonamides is 2. The number of halogens is 3. The molecule has 220 valence electrons. The van der Waals surface area contributed by atoms with E-state index in [1.54, 1.807) is 0 Å². The number of anilines is 2. The first kappa shape index (κ1) is 30.5. The molecule has 0 radical (unpaired) electrons. The van der Waals surface area contributed by atoms with Crippen molar-refractivity contribution in [3.8, 4) is 0 Å². The van der Waals surface area contributed by atoms with Crippen molar-refractivity contribution in [3.63, 3.8) is 0 Å². The van der Waals surface area contributed by atoms with Crippen molar-refractivity contribution in [2.75, 3.05) is 28.9 Å². The van der Waals surface area contributed by atoms with Crippen LogP contribution in [0, 0.1) is 5.92 Å². The van der Waals surface area contributed by atoms with Gasteiger partial charge in [-0.1, -0.05) is 36.4 Å². The summed E-state index contributed by atoms with van der Waals surface area (Å²) in [7, 11) is -7.61. The number of benzene rings is 3. The van der Waals surface area contributed by atoms with E-state index in [9.17, 15) is 34.8 Å². The van der Waals surface area contributed by atoms with Gasteiger partial charge < -0.3 is 5.32 Å². The molecule has 4 rings (SSSR count). The molecule has 0 aliphatic carbocycles. The highest BCUT2D eigenvalue weighted by atomic mass is 32.2. The third kappa shape index (κ3) is 8.30. The summed E-state index contributed by atoms with van der Waals surface area (Å²) >= 11 is 0. The van der Waals surface area contributed by atoms with E-state index in [4.69, 9.17) is 0 Å². The summed E-state index contributed by atoms with van der Waals surface area (Å²) in [6, 6.07) is 18.7. The fourth-order valence-corrected chi connectivity index (χ4v) is 7.15. The van der Waals surface area contributed by atoms with Crippen LogP contribution in [0.1, 0.15) is 30.4 Å². The molecule has 1 fully saturated rings. The second kappa shape index (κ2) is 12.6. The van der Waals surface area contributed by atoms with Crippen LogP contribution in [0.5, 0.6) is 0 Å². The number of carbonyl (C=O) groups is 1. The van der Waals surface area contributed by atoms with Crippen LogP contribution in [0.2, 0.25) is 0 Å². The number of piperidine rings is 1. The monoisotopic (exact) mass is 609 g/mol. The first-order valence-corrected chi connectivity index (χ1v) is 16.1. The van der Waals surface area contributed by atoms with E-state index in [1.165, 1.54) is 34.6 Å². The van der Waals surface area contributed by atoms with Gasteiger partial charge in [0.15, 0.2) is 0 Å². The Morgan fingerprint density at radius 1 is 0.854 bits per heavy atom. The van der Waals surface area contributed by atoms with Crippen molar-refractivity contribution in [2.45, 2.75) is 36.8 Å². The zero-order chi connectivity index (χ0) is 29.7. The largest absolute Gasteiger partial charge is 0.416 e. The second-order valence-electron chi connectivity index (χ2n) is 9.78. The third-order valence-electron chi connectivity index (χ3n) is 6.80. The van der Waals surface area contributed by atoms with Gasteiger partial charge >= 0.3 is 6.18 Å². The Morgan fingerprint density at radius 2 is 1.51 bits per heavy atom. The number of carbonyl (C=O) groups excluding carboxylic acids is 1. The zero-order valence-corrected chi connectivity index (χ0v) is 23.6. The Balaban J connectivity index is 1.27. The van der Waals surface area contributed by atoms with Crippen LogP contribution in [-0.2, 0) is 37.4 Å². The molecule has 2 N–H and O–H groups in total.